The Hall–Kier alpha value is -1.75. The van der Waals surface area contributed by atoms with Gasteiger partial charge in [-0.25, -0.2) is 4.79 Å². The molecular formula is C14H20N2O3. The molecule has 1 aliphatic rings. The number of urea groups is 1. The molecule has 104 valence electrons. The normalized spacial score (nSPS) is 20.7. The second kappa shape index (κ2) is 6.43. The largest absolute Gasteiger partial charge is 0.491 e. The smallest absolute Gasteiger partial charge is 0.315 e. The molecule has 1 fully saturated rings. The Morgan fingerprint density at radius 2 is 2.21 bits per heavy atom. The lowest BCUT2D eigenvalue weighted by Gasteiger charge is -2.12. The maximum absolute atomic E-state index is 11.6. The first-order valence-corrected chi connectivity index (χ1v) is 6.56. The Kier molecular flexibility index (Phi) is 4.63. The van der Waals surface area contributed by atoms with E-state index in [2.05, 4.69) is 17.6 Å². The van der Waals surface area contributed by atoms with Gasteiger partial charge in [0.25, 0.3) is 0 Å². The van der Waals surface area contributed by atoms with Gasteiger partial charge in [-0.2, -0.15) is 0 Å². The van der Waals surface area contributed by atoms with E-state index in [1.807, 2.05) is 24.3 Å². The molecule has 1 saturated carbocycles. The molecule has 5 nitrogen and oxygen atoms in total. The summed E-state index contributed by atoms with van der Waals surface area (Å²) in [6, 6.07) is 7.65. The number of carbonyl (C=O) groups excluding carboxylic acids is 1. The van der Waals surface area contributed by atoms with Gasteiger partial charge in [0.15, 0.2) is 0 Å². The van der Waals surface area contributed by atoms with Crippen LogP contribution < -0.4 is 15.4 Å². The van der Waals surface area contributed by atoms with E-state index < -0.39 is 0 Å². The van der Waals surface area contributed by atoms with Gasteiger partial charge < -0.3 is 20.5 Å². The van der Waals surface area contributed by atoms with Gasteiger partial charge >= 0.3 is 6.03 Å². The quantitative estimate of drug-likeness (QED) is 0.724. The fraction of sp³-hybridized carbons (Fsp3) is 0.500. The lowest BCUT2D eigenvalue weighted by atomic mass is 10.2. The first-order valence-electron chi connectivity index (χ1n) is 6.56. The molecule has 0 saturated heterocycles. The summed E-state index contributed by atoms with van der Waals surface area (Å²) >= 11 is 0. The Morgan fingerprint density at radius 1 is 1.47 bits per heavy atom. The van der Waals surface area contributed by atoms with E-state index in [0.29, 0.717) is 24.3 Å². The molecule has 0 unspecified atom stereocenters. The summed E-state index contributed by atoms with van der Waals surface area (Å²) < 4.78 is 5.41. The monoisotopic (exact) mass is 264 g/mol. The van der Waals surface area contributed by atoms with Crippen molar-refractivity contribution in [1.29, 1.82) is 0 Å². The number of para-hydroxylation sites is 1. The van der Waals surface area contributed by atoms with Gasteiger partial charge in [0.1, 0.15) is 12.4 Å². The van der Waals surface area contributed by atoms with Crippen molar-refractivity contribution in [3.63, 3.8) is 0 Å². The molecule has 0 aliphatic heterocycles. The van der Waals surface area contributed by atoms with Crippen molar-refractivity contribution in [2.75, 3.05) is 13.2 Å². The van der Waals surface area contributed by atoms with Crippen LogP contribution in [0.25, 0.3) is 0 Å². The summed E-state index contributed by atoms with van der Waals surface area (Å²) in [4.78, 5) is 11.6. The van der Waals surface area contributed by atoms with Crippen LogP contribution in [-0.2, 0) is 6.54 Å². The van der Waals surface area contributed by atoms with Crippen molar-refractivity contribution in [3.05, 3.63) is 29.8 Å². The Labute approximate surface area is 113 Å². The molecule has 1 aliphatic carbocycles. The molecule has 3 N–H and O–H groups in total. The lowest BCUT2D eigenvalue weighted by molar-refractivity contribution is 0.200. The van der Waals surface area contributed by atoms with Crippen molar-refractivity contribution >= 4 is 6.03 Å². The standard InChI is InChI=1S/C14H20N2O3/c1-10-8-12(10)16-14(18)15-9-11-4-2-3-5-13(11)19-7-6-17/h2-5,10,12,17H,6-9H2,1H3,(H2,15,16,18)/t10-,12+/m1/s1. The zero-order chi connectivity index (χ0) is 13.7. The highest BCUT2D eigenvalue weighted by Gasteiger charge is 2.33. The third-order valence-corrected chi connectivity index (χ3v) is 3.19. The fourth-order valence-corrected chi connectivity index (χ4v) is 1.86. The molecule has 2 rings (SSSR count). The maximum atomic E-state index is 11.6. The van der Waals surface area contributed by atoms with Crippen molar-refractivity contribution in [3.8, 4) is 5.75 Å². The van der Waals surface area contributed by atoms with Crippen molar-refractivity contribution in [2.45, 2.75) is 25.9 Å². The van der Waals surface area contributed by atoms with E-state index in [4.69, 9.17) is 9.84 Å². The number of nitrogens with one attached hydrogen (secondary N) is 2. The van der Waals surface area contributed by atoms with Crippen LogP contribution >= 0.6 is 0 Å². The lowest BCUT2D eigenvalue weighted by Crippen LogP contribution is -2.37. The third kappa shape index (κ3) is 4.13. The highest BCUT2D eigenvalue weighted by molar-refractivity contribution is 5.74. The van der Waals surface area contributed by atoms with Crippen molar-refractivity contribution in [1.82, 2.24) is 10.6 Å². The molecule has 0 heterocycles. The van der Waals surface area contributed by atoms with Crippen LogP contribution in [0, 0.1) is 5.92 Å². The summed E-state index contributed by atoms with van der Waals surface area (Å²) in [5.74, 6) is 1.28. The van der Waals surface area contributed by atoms with Crippen LogP contribution in [-0.4, -0.2) is 30.4 Å². The summed E-state index contributed by atoms with van der Waals surface area (Å²) in [5.41, 5.74) is 0.898. The molecule has 0 spiro atoms. The molecular weight excluding hydrogens is 244 g/mol. The summed E-state index contributed by atoms with van der Waals surface area (Å²) in [6.07, 6.45) is 1.06. The zero-order valence-electron chi connectivity index (χ0n) is 11.1. The highest BCUT2D eigenvalue weighted by Crippen LogP contribution is 2.28. The number of carbonyl (C=O) groups is 1. The highest BCUT2D eigenvalue weighted by atomic mass is 16.5. The number of amides is 2. The fourth-order valence-electron chi connectivity index (χ4n) is 1.86. The Morgan fingerprint density at radius 3 is 2.89 bits per heavy atom. The van der Waals surface area contributed by atoms with Crippen LogP contribution in [0.15, 0.2) is 24.3 Å². The van der Waals surface area contributed by atoms with E-state index in [9.17, 15) is 4.79 Å². The van der Waals surface area contributed by atoms with E-state index in [0.717, 1.165) is 12.0 Å². The van der Waals surface area contributed by atoms with Crippen LogP contribution in [0.3, 0.4) is 0 Å². The minimum atomic E-state index is -0.147. The molecule has 1 aromatic carbocycles. The Bertz CT molecular complexity index is 436. The number of aliphatic hydroxyl groups is 1. The zero-order valence-corrected chi connectivity index (χ0v) is 11.1. The van der Waals surface area contributed by atoms with E-state index in [-0.39, 0.29) is 19.2 Å². The summed E-state index contributed by atoms with van der Waals surface area (Å²) in [7, 11) is 0. The number of hydrogen-bond donors (Lipinski definition) is 3. The van der Waals surface area contributed by atoms with Gasteiger partial charge in [0.05, 0.1) is 6.61 Å². The molecule has 0 radical (unpaired) electrons. The first-order chi connectivity index (χ1) is 9.20. The van der Waals surface area contributed by atoms with E-state index in [1.165, 1.54) is 0 Å². The van der Waals surface area contributed by atoms with Crippen LogP contribution in [0.1, 0.15) is 18.9 Å². The molecule has 2 amide bonds. The summed E-state index contributed by atoms with van der Waals surface area (Å²) in [5, 5.41) is 14.5. The SMILES string of the molecule is C[C@@H]1C[C@@H]1NC(=O)NCc1ccccc1OCCO. The summed E-state index contributed by atoms with van der Waals surface area (Å²) in [6.45, 7) is 2.75. The predicted octanol–water partition coefficient (Wildman–Crippen LogP) is 1.27. The van der Waals surface area contributed by atoms with E-state index in [1.54, 1.807) is 0 Å². The second-order valence-corrected chi connectivity index (χ2v) is 4.83. The Balaban J connectivity index is 1.82. The number of rotatable bonds is 6. The molecule has 1 aromatic rings. The predicted molar refractivity (Wildman–Crippen MR) is 72.0 cm³/mol. The van der Waals surface area contributed by atoms with E-state index >= 15 is 0 Å². The van der Waals surface area contributed by atoms with Gasteiger partial charge in [-0.1, -0.05) is 25.1 Å². The second-order valence-electron chi connectivity index (χ2n) is 4.83. The topological polar surface area (TPSA) is 70.6 Å². The molecule has 0 aromatic heterocycles. The molecule has 0 bridgehead atoms. The number of ether oxygens (including phenoxy) is 1. The van der Waals surface area contributed by atoms with Gasteiger partial charge in [-0.3, -0.25) is 0 Å². The minimum absolute atomic E-state index is 0.0260. The van der Waals surface area contributed by atoms with Gasteiger partial charge in [-0.05, 0) is 18.4 Å². The van der Waals surface area contributed by atoms with Gasteiger partial charge in [-0.15, -0.1) is 0 Å². The maximum Gasteiger partial charge on any atom is 0.315 e. The number of benzene rings is 1. The van der Waals surface area contributed by atoms with Crippen LogP contribution in [0.5, 0.6) is 5.75 Å². The van der Waals surface area contributed by atoms with Crippen LogP contribution in [0.2, 0.25) is 0 Å². The number of hydrogen-bond acceptors (Lipinski definition) is 3. The van der Waals surface area contributed by atoms with Crippen LogP contribution in [0.4, 0.5) is 4.79 Å². The average Bonchev–Trinajstić information content (AvgIpc) is 3.10. The third-order valence-electron chi connectivity index (χ3n) is 3.19. The first kappa shape index (κ1) is 13.7. The van der Waals surface area contributed by atoms with Crippen molar-refractivity contribution in [2.24, 2.45) is 5.92 Å². The van der Waals surface area contributed by atoms with Crippen molar-refractivity contribution < 1.29 is 14.6 Å². The molecule has 2 atom stereocenters. The van der Waals surface area contributed by atoms with Gasteiger partial charge in [0.2, 0.25) is 0 Å². The minimum Gasteiger partial charge on any atom is -0.491 e. The van der Waals surface area contributed by atoms with Gasteiger partial charge in [0, 0.05) is 18.2 Å². The number of aliphatic hydroxyl groups excluding tert-OH is 1. The molecule has 5 heteroatoms. The average molecular weight is 264 g/mol. The molecule has 19 heavy (non-hydrogen) atoms.